The standard InChI is InChI=1S/C20H18Br2F3N5O3S/c21-13-4-5-17(22)18(7-13)34(32,33)29-15-8-16(30(10-15)11-26)9-27-19(31)28-14-3-1-2-12(6-14)20(23,24)25/h1-7,15-16,29H,8-10H2,(H2,27,28,31)/t15-,16-/m1/s1. The van der Waals surface area contributed by atoms with E-state index in [1.807, 2.05) is 6.19 Å². The molecule has 2 atom stereocenters. The van der Waals surface area contributed by atoms with Gasteiger partial charge in [-0.1, -0.05) is 22.0 Å². The number of carbonyl (C=O) groups is 1. The smallest absolute Gasteiger partial charge is 0.336 e. The fourth-order valence-corrected chi connectivity index (χ4v) is 6.19. The minimum atomic E-state index is -4.54. The number of halogens is 5. The first-order valence-corrected chi connectivity index (χ1v) is 12.8. The van der Waals surface area contributed by atoms with Crippen molar-refractivity contribution in [3.63, 3.8) is 0 Å². The van der Waals surface area contributed by atoms with E-state index in [1.165, 1.54) is 23.1 Å². The largest absolute Gasteiger partial charge is 0.416 e. The number of hydrogen-bond acceptors (Lipinski definition) is 5. The zero-order valence-corrected chi connectivity index (χ0v) is 21.2. The predicted molar refractivity (Wildman–Crippen MR) is 125 cm³/mol. The summed E-state index contributed by atoms with van der Waals surface area (Å²) in [5, 5.41) is 14.2. The fraction of sp³-hybridized carbons (Fsp3) is 0.300. The molecule has 3 rings (SSSR count). The Kier molecular flexibility index (Phi) is 8.12. The van der Waals surface area contributed by atoms with Gasteiger partial charge in [0, 0.05) is 33.8 Å². The van der Waals surface area contributed by atoms with E-state index in [-0.39, 0.29) is 30.1 Å². The highest BCUT2D eigenvalue weighted by molar-refractivity contribution is 9.11. The Bertz CT molecular complexity index is 1220. The third-order valence-corrected chi connectivity index (χ3v) is 8.00. The van der Waals surface area contributed by atoms with Crippen LogP contribution in [0, 0.1) is 11.5 Å². The number of urea groups is 1. The van der Waals surface area contributed by atoms with Crippen molar-refractivity contribution < 1.29 is 26.4 Å². The molecule has 0 unspecified atom stereocenters. The van der Waals surface area contributed by atoms with Crippen LogP contribution in [-0.2, 0) is 16.2 Å². The van der Waals surface area contributed by atoms with E-state index in [4.69, 9.17) is 0 Å². The van der Waals surface area contributed by atoms with E-state index in [9.17, 15) is 31.6 Å². The summed E-state index contributed by atoms with van der Waals surface area (Å²) in [5.41, 5.74) is -0.940. The Morgan fingerprint density at radius 2 is 1.94 bits per heavy atom. The highest BCUT2D eigenvalue weighted by Crippen LogP contribution is 2.31. The third kappa shape index (κ3) is 6.62. The van der Waals surface area contributed by atoms with Crippen molar-refractivity contribution in [1.82, 2.24) is 14.9 Å². The Morgan fingerprint density at radius 3 is 2.62 bits per heavy atom. The number of sulfonamides is 1. The van der Waals surface area contributed by atoms with E-state index >= 15 is 0 Å². The second-order valence-corrected chi connectivity index (χ2v) is 10.9. The summed E-state index contributed by atoms with van der Waals surface area (Å²) >= 11 is 6.45. The van der Waals surface area contributed by atoms with Gasteiger partial charge in [0.1, 0.15) is 0 Å². The minimum absolute atomic E-state index is 0.0167. The monoisotopic (exact) mass is 623 g/mol. The van der Waals surface area contributed by atoms with Gasteiger partial charge in [0.15, 0.2) is 6.19 Å². The van der Waals surface area contributed by atoms with Gasteiger partial charge >= 0.3 is 12.2 Å². The van der Waals surface area contributed by atoms with Crippen LogP contribution in [0.5, 0.6) is 0 Å². The number of nitriles is 1. The molecule has 0 radical (unpaired) electrons. The molecule has 0 aromatic heterocycles. The Hall–Kier alpha value is -2.34. The molecule has 0 aliphatic carbocycles. The molecule has 0 saturated carbocycles. The maximum Gasteiger partial charge on any atom is 0.416 e. The van der Waals surface area contributed by atoms with Crippen LogP contribution in [0.3, 0.4) is 0 Å². The molecule has 2 aromatic rings. The molecule has 0 bridgehead atoms. The molecule has 1 heterocycles. The lowest BCUT2D eigenvalue weighted by Crippen LogP contribution is -2.39. The molecule has 1 aliphatic heterocycles. The van der Waals surface area contributed by atoms with Crippen molar-refractivity contribution in [2.45, 2.75) is 29.6 Å². The molecule has 182 valence electrons. The lowest BCUT2D eigenvalue weighted by Gasteiger charge is -2.18. The van der Waals surface area contributed by atoms with Gasteiger partial charge in [-0.15, -0.1) is 0 Å². The highest BCUT2D eigenvalue weighted by Gasteiger charge is 2.35. The van der Waals surface area contributed by atoms with Crippen molar-refractivity contribution in [2.75, 3.05) is 18.4 Å². The summed E-state index contributed by atoms with van der Waals surface area (Å²) in [6.07, 6.45) is -2.33. The van der Waals surface area contributed by atoms with Crippen LogP contribution >= 0.6 is 31.9 Å². The van der Waals surface area contributed by atoms with Crippen LogP contribution in [0.1, 0.15) is 12.0 Å². The number of benzene rings is 2. The van der Waals surface area contributed by atoms with Gasteiger partial charge in [-0.2, -0.15) is 18.4 Å². The number of alkyl halides is 3. The maximum absolute atomic E-state index is 12.8. The van der Waals surface area contributed by atoms with Crippen LogP contribution in [0.4, 0.5) is 23.7 Å². The number of amides is 2. The van der Waals surface area contributed by atoms with Crippen molar-refractivity contribution in [1.29, 1.82) is 5.26 Å². The lowest BCUT2D eigenvalue weighted by atomic mass is 10.2. The predicted octanol–water partition coefficient (Wildman–Crippen LogP) is 4.25. The summed E-state index contributed by atoms with van der Waals surface area (Å²) in [4.78, 5) is 13.5. The highest BCUT2D eigenvalue weighted by atomic mass is 79.9. The van der Waals surface area contributed by atoms with Crippen molar-refractivity contribution in [2.24, 2.45) is 0 Å². The number of anilines is 1. The average Bonchev–Trinajstić information content (AvgIpc) is 3.14. The first kappa shape index (κ1) is 26.3. The van der Waals surface area contributed by atoms with Crippen molar-refractivity contribution in [3.05, 3.63) is 57.0 Å². The second-order valence-electron chi connectivity index (χ2n) is 7.45. The lowest BCUT2D eigenvalue weighted by molar-refractivity contribution is -0.137. The first-order chi connectivity index (χ1) is 15.9. The van der Waals surface area contributed by atoms with Crippen LogP contribution < -0.4 is 15.4 Å². The van der Waals surface area contributed by atoms with E-state index in [0.717, 1.165) is 12.1 Å². The molecule has 34 heavy (non-hydrogen) atoms. The molecule has 2 amide bonds. The second kappa shape index (κ2) is 10.5. The Balaban J connectivity index is 1.59. The zero-order valence-electron chi connectivity index (χ0n) is 17.2. The van der Waals surface area contributed by atoms with Gasteiger partial charge in [0.2, 0.25) is 10.0 Å². The summed E-state index contributed by atoms with van der Waals surface area (Å²) in [5.74, 6) is 0. The molecule has 1 fully saturated rings. The van der Waals surface area contributed by atoms with Crippen molar-refractivity contribution in [3.8, 4) is 6.19 Å². The van der Waals surface area contributed by atoms with Crippen molar-refractivity contribution >= 4 is 53.6 Å². The first-order valence-electron chi connectivity index (χ1n) is 9.75. The van der Waals surface area contributed by atoms with Gasteiger partial charge in [0.05, 0.1) is 16.5 Å². The number of rotatable bonds is 6. The molecule has 1 aliphatic rings. The van der Waals surface area contributed by atoms with E-state index < -0.39 is 39.9 Å². The summed E-state index contributed by atoms with van der Waals surface area (Å²) in [6, 6.07) is 7.06. The van der Waals surface area contributed by atoms with E-state index in [2.05, 4.69) is 47.2 Å². The quantitative estimate of drug-likeness (QED) is 0.416. The molecule has 0 spiro atoms. The molecular formula is C20H18Br2F3N5O3S. The Labute approximate surface area is 210 Å². The molecule has 14 heteroatoms. The van der Waals surface area contributed by atoms with Gasteiger partial charge in [0.25, 0.3) is 0 Å². The van der Waals surface area contributed by atoms with Gasteiger partial charge in [-0.3, -0.25) is 0 Å². The summed E-state index contributed by atoms with van der Waals surface area (Å²) in [7, 11) is -3.89. The number of nitrogens with zero attached hydrogens (tertiary/aromatic N) is 2. The molecule has 3 N–H and O–H groups in total. The topological polar surface area (TPSA) is 114 Å². The van der Waals surface area contributed by atoms with Crippen LogP contribution in [0.25, 0.3) is 0 Å². The molecule has 8 nitrogen and oxygen atoms in total. The molecular weight excluding hydrogens is 607 g/mol. The van der Waals surface area contributed by atoms with Gasteiger partial charge in [-0.25, -0.2) is 17.9 Å². The number of likely N-dealkylation sites (tertiary alicyclic amines) is 1. The van der Waals surface area contributed by atoms with Crippen LogP contribution in [-0.4, -0.2) is 44.5 Å². The fourth-order valence-electron chi connectivity index (χ4n) is 3.44. The third-order valence-electron chi connectivity index (χ3n) is 4.99. The van der Waals surface area contributed by atoms with Gasteiger partial charge in [-0.05, 0) is 58.7 Å². The molecule has 1 saturated heterocycles. The average molecular weight is 625 g/mol. The normalized spacial score (nSPS) is 18.4. The number of carbonyl (C=O) groups excluding carboxylic acids is 1. The van der Waals surface area contributed by atoms with E-state index in [0.29, 0.717) is 8.95 Å². The van der Waals surface area contributed by atoms with Crippen LogP contribution in [0.15, 0.2) is 56.3 Å². The zero-order chi connectivity index (χ0) is 25.1. The number of nitrogens with one attached hydrogen (secondary N) is 3. The maximum atomic E-state index is 12.8. The summed E-state index contributed by atoms with van der Waals surface area (Å²) in [6.45, 7) is 0.0834. The Morgan fingerprint density at radius 1 is 1.21 bits per heavy atom. The van der Waals surface area contributed by atoms with Gasteiger partial charge < -0.3 is 15.5 Å². The molecule has 2 aromatic carbocycles. The van der Waals surface area contributed by atoms with E-state index in [1.54, 1.807) is 12.1 Å². The number of hydrogen-bond donors (Lipinski definition) is 3. The summed E-state index contributed by atoms with van der Waals surface area (Å²) < 4.78 is 67.6. The SMILES string of the molecule is N#CN1C[C@H](NS(=O)(=O)c2cc(Br)ccc2Br)C[C@@H]1CNC(=O)Nc1cccc(C(F)(F)F)c1. The van der Waals surface area contributed by atoms with Crippen LogP contribution in [0.2, 0.25) is 0 Å². The minimum Gasteiger partial charge on any atom is -0.336 e.